The van der Waals surface area contributed by atoms with Crippen molar-refractivity contribution in [2.24, 2.45) is 4.99 Å². The Balaban J connectivity index is 1.96. The van der Waals surface area contributed by atoms with Crippen LogP contribution in [-0.2, 0) is 28.5 Å². The normalized spacial score (nSPS) is 43.4. The van der Waals surface area contributed by atoms with Crippen LogP contribution in [0.5, 0.6) is 0 Å². The minimum Gasteiger partial charge on any atom is -0.465 e. The molecule has 27 heavy (non-hydrogen) atoms. The van der Waals surface area contributed by atoms with E-state index < -0.39 is 47.5 Å². The predicted molar refractivity (Wildman–Crippen MR) is 94.5 cm³/mol. The number of aldehydes is 1. The number of methoxy groups -OCH3 is 2. The highest BCUT2D eigenvalue weighted by Crippen LogP contribution is 2.47. The van der Waals surface area contributed by atoms with Crippen molar-refractivity contribution >= 4 is 29.3 Å². The summed E-state index contributed by atoms with van der Waals surface area (Å²) < 4.78 is 29.1. The van der Waals surface area contributed by atoms with Crippen molar-refractivity contribution in [2.45, 2.75) is 62.1 Å². The van der Waals surface area contributed by atoms with Gasteiger partial charge in [-0.3, -0.25) is 9.89 Å². The third-order valence-corrected chi connectivity index (χ3v) is 6.43. The van der Waals surface area contributed by atoms with Gasteiger partial charge in [0, 0.05) is 20.8 Å². The van der Waals surface area contributed by atoms with Gasteiger partial charge < -0.3 is 33.6 Å². The SMILES string of the molecule is CCN(C(=O)O)C1=N[C@@H]2[C@H]3OC(C)(OC)C(C)(OC)O[C@@H]3[C@@H](C=O)O[C@@H]2S1. The summed E-state index contributed by atoms with van der Waals surface area (Å²) >= 11 is 1.15. The maximum Gasteiger partial charge on any atom is 0.413 e. The van der Waals surface area contributed by atoms with E-state index in [-0.39, 0.29) is 6.54 Å². The summed E-state index contributed by atoms with van der Waals surface area (Å²) in [6, 6.07) is -0.560. The number of amidine groups is 1. The van der Waals surface area contributed by atoms with Crippen LogP contribution in [-0.4, -0.2) is 89.7 Å². The lowest BCUT2D eigenvalue weighted by Crippen LogP contribution is -2.71. The van der Waals surface area contributed by atoms with E-state index >= 15 is 0 Å². The molecule has 3 aliphatic rings. The van der Waals surface area contributed by atoms with E-state index in [2.05, 4.69) is 4.99 Å². The molecular formula is C16H24N2O8S. The van der Waals surface area contributed by atoms with Gasteiger partial charge in [-0.25, -0.2) is 4.79 Å². The molecule has 7 atom stereocenters. The summed E-state index contributed by atoms with van der Waals surface area (Å²) in [7, 11) is 2.92. The van der Waals surface area contributed by atoms with E-state index in [9.17, 15) is 14.7 Å². The Labute approximate surface area is 161 Å². The average Bonchev–Trinajstić information content (AvgIpc) is 3.06. The lowest BCUT2D eigenvalue weighted by molar-refractivity contribution is -0.460. The largest absolute Gasteiger partial charge is 0.465 e. The number of nitrogens with zero attached hydrogens (tertiary/aromatic N) is 2. The van der Waals surface area contributed by atoms with Gasteiger partial charge in [-0.15, -0.1) is 0 Å². The highest BCUT2D eigenvalue weighted by molar-refractivity contribution is 8.14. The zero-order valence-electron chi connectivity index (χ0n) is 15.8. The first-order valence-corrected chi connectivity index (χ1v) is 9.43. The lowest BCUT2D eigenvalue weighted by Gasteiger charge is -2.55. The zero-order chi connectivity index (χ0) is 20.0. The number of amides is 1. The number of carbonyl (C=O) groups is 2. The Morgan fingerprint density at radius 1 is 1.30 bits per heavy atom. The molecule has 0 aromatic carbocycles. The molecule has 0 radical (unpaired) electrons. The topological polar surface area (TPSA) is 116 Å². The van der Waals surface area contributed by atoms with Crippen LogP contribution in [0.1, 0.15) is 20.8 Å². The summed E-state index contributed by atoms with van der Waals surface area (Å²) in [5.74, 6) is -2.55. The number of thioether (sulfide) groups is 1. The first kappa shape index (κ1) is 20.5. The van der Waals surface area contributed by atoms with Gasteiger partial charge in [0.05, 0.1) is 0 Å². The number of carbonyl (C=O) groups excluding carboxylic acids is 1. The van der Waals surface area contributed by atoms with Crippen LogP contribution in [0.2, 0.25) is 0 Å². The van der Waals surface area contributed by atoms with Gasteiger partial charge >= 0.3 is 6.09 Å². The van der Waals surface area contributed by atoms with Crippen LogP contribution < -0.4 is 0 Å². The summed E-state index contributed by atoms with van der Waals surface area (Å²) in [6.45, 7) is 5.28. The van der Waals surface area contributed by atoms with E-state index in [4.69, 9.17) is 23.7 Å². The molecule has 11 heteroatoms. The highest BCUT2D eigenvalue weighted by Gasteiger charge is 2.63. The number of rotatable bonds is 4. The van der Waals surface area contributed by atoms with Crippen LogP contribution >= 0.6 is 11.8 Å². The molecule has 0 aromatic rings. The molecule has 10 nitrogen and oxygen atoms in total. The Morgan fingerprint density at radius 2 is 1.89 bits per heavy atom. The Bertz CT molecular complexity index is 648. The van der Waals surface area contributed by atoms with E-state index in [0.29, 0.717) is 11.5 Å². The minimum absolute atomic E-state index is 0.237. The van der Waals surface area contributed by atoms with Crippen LogP contribution in [0.15, 0.2) is 4.99 Å². The highest BCUT2D eigenvalue weighted by atomic mass is 32.2. The predicted octanol–water partition coefficient (Wildman–Crippen LogP) is 0.891. The van der Waals surface area contributed by atoms with Gasteiger partial charge in [0.1, 0.15) is 29.8 Å². The van der Waals surface area contributed by atoms with Gasteiger partial charge in [0.2, 0.25) is 11.6 Å². The molecule has 1 amide bonds. The fourth-order valence-electron chi connectivity index (χ4n) is 3.41. The molecule has 3 heterocycles. The molecule has 0 aromatic heterocycles. The van der Waals surface area contributed by atoms with Crippen molar-refractivity contribution in [1.29, 1.82) is 0 Å². The van der Waals surface area contributed by atoms with Crippen LogP contribution in [0.3, 0.4) is 0 Å². The van der Waals surface area contributed by atoms with Gasteiger partial charge in [-0.2, -0.15) is 0 Å². The molecule has 3 aliphatic heterocycles. The van der Waals surface area contributed by atoms with Gasteiger partial charge in [0.15, 0.2) is 11.5 Å². The fourth-order valence-corrected chi connectivity index (χ4v) is 4.67. The molecule has 152 valence electrons. The number of carboxylic acid groups (broad SMARTS) is 1. The van der Waals surface area contributed by atoms with Gasteiger partial charge in [-0.1, -0.05) is 11.8 Å². The van der Waals surface area contributed by atoms with E-state index in [0.717, 1.165) is 16.7 Å². The summed E-state index contributed by atoms with van der Waals surface area (Å²) in [6.07, 6.45) is -2.82. The quantitative estimate of drug-likeness (QED) is 0.682. The van der Waals surface area contributed by atoms with Crippen molar-refractivity contribution in [3.63, 3.8) is 0 Å². The monoisotopic (exact) mass is 404 g/mol. The second-order valence-electron chi connectivity index (χ2n) is 6.62. The van der Waals surface area contributed by atoms with Crippen molar-refractivity contribution in [3.8, 4) is 0 Å². The van der Waals surface area contributed by atoms with Gasteiger partial charge in [0.25, 0.3) is 0 Å². The second kappa shape index (κ2) is 7.30. The Morgan fingerprint density at radius 3 is 2.37 bits per heavy atom. The summed E-state index contributed by atoms with van der Waals surface area (Å²) in [5.41, 5.74) is -0.568. The number of ether oxygens (including phenoxy) is 5. The van der Waals surface area contributed by atoms with Crippen LogP contribution in [0.25, 0.3) is 0 Å². The third kappa shape index (κ3) is 3.15. The first-order chi connectivity index (χ1) is 12.7. The molecule has 1 N–H and O–H groups in total. The molecule has 0 bridgehead atoms. The smallest absolute Gasteiger partial charge is 0.413 e. The number of hydrogen-bond donors (Lipinski definition) is 1. The average molecular weight is 404 g/mol. The molecule has 3 rings (SSSR count). The van der Waals surface area contributed by atoms with Crippen LogP contribution in [0.4, 0.5) is 4.79 Å². The molecule has 0 spiro atoms. The molecule has 2 saturated heterocycles. The Kier molecular flexibility index (Phi) is 5.54. The molecule has 0 aliphatic carbocycles. The second-order valence-corrected chi connectivity index (χ2v) is 7.68. The molecular weight excluding hydrogens is 380 g/mol. The summed E-state index contributed by atoms with van der Waals surface area (Å²) in [4.78, 5) is 28.7. The first-order valence-electron chi connectivity index (χ1n) is 8.55. The zero-order valence-corrected chi connectivity index (χ0v) is 16.6. The van der Waals surface area contributed by atoms with E-state index in [1.165, 1.54) is 14.2 Å². The Hall–Kier alpha value is -1.24. The van der Waals surface area contributed by atoms with Crippen molar-refractivity contribution in [1.82, 2.24) is 4.90 Å². The minimum atomic E-state index is -1.28. The maximum absolute atomic E-state index is 11.6. The lowest BCUT2D eigenvalue weighted by atomic mass is 9.94. The number of aliphatic imine (C=N–C) groups is 1. The van der Waals surface area contributed by atoms with Crippen LogP contribution in [0, 0.1) is 0 Å². The van der Waals surface area contributed by atoms with Crippen molar-refractivity contribution in [3.05, 3.63) is 0 Å². The fraction of sp³-hybridized carbons (Fsp3) is 0.812. The van der Waals surface area contributed by atoms with E-state index in [1.54, 1.807) is 20.8 Å². The molecule has 2 fully saturated rings. The molecule has 0 saturated carbocycles. The standard InChI is InChI=1S/C16H24N2O8S/c1-6-18(14(20)21)13-17-9-11-10(8(7-19)24-12(9)27-13)25-15(2,22-4)16(3,23-5)26-11/h7-12H,6H2,1-5H3,(H,20,21)/t8-,9-,10-,11-,12-,15?,16?/m1/s1. The number of hydrogen-bond acceptors (Lipinski definition) is 9. The maximum atomic E-state index is 11.6. The van der Waals surface area contributed by atoms with Gasteiger partial charge in [-0.05, 0) is 20.8 Å². The van der Waals surface area contributed by atoms with E-state index in [1.807, 2.05) is 0 Å². The van der Waals surface area contributed by atoms with Crippen molar-refractivity contribution in [2.75, 3.05) is 20.8 Å². The molecule has 2 unspecified atom stereocenters. The van der Waals surface area contributed by atoms with Crippen molar-refractivity contribution < 1.29 is 38.4 Å². The third-order valence-electron chi connectivity index (χ3n) is 5.27. The summed E-state index contributed by atoms with van der Waals surface area (Å²) in [5, 5.41) is 9.66. The number of fused-ring (bicyclic) bond motifs is 3.